The minimum atomic E-state index is 0.310. The zero-order valence-corrected chi connectivity index (χ0v) is 11.8. The fourth-order valence-corrected chi connectivity index (χ4v) is 3.19. The summed E-state index contributed by atoms with van der Waals surface area (Å²) in [6.07, 6.45) is 3.77. The number of aliphatic hydroxyl groups excluding tert-OH is 1. The predicted molar refractivity (Wildman–Crippen MR) is 72.7 cm³/mol. The van der Waals surface area contributed by atoms with Gasteiger partial charge in [0.25, 0.3) is 0 Å². The Morgan fingerprint density at radius 1 is 1.33 bits per heavy atom. The number of nitrogens with zero attached hydrogens (tertiary/aromatic N) is 2. The summed E-state index contributed by atoms with van der Waals surface area (Å²) in [6, 6.07) is 1.19. The van der Waals surface area contributed by atoms with Crippen LogP contribution in [0.15, 0.2) is 0 Å². The molecule has 106 valence electrons. The Bertz CT molecular complexity index is 248. The Balaban J connectivity index is 1.81. The fraction of sp³-hybridized carbons (Fsp3) is 1.00. The van der Waals surface area contributed by atoms with Crippen LogP contribution in [0, 0.1) is 0 Å². The summed E-state index contributed by atoms with van der Waals surface area (Å²) in [7, 11) is 0. The molecule has 0 aromatic heterocycles. The lowest BCUT2D eigenvalue weighted by atomic mass is 10.1. The lowest BCUT2D eigenvalue weighted by molar-refractivity contribution is -0.0541. The third-order valence-electron chi connectivity index (χ3n) is 4.30. The smallest absolute Gasteiger partial charge is 0.0829 e. The van der Waals surface area contributed by atoms with Crippen LogP contribution in [-0.2, 0) is 4.74 Å². The third-order valence-corrected chi connectivity index (χ3v) is 4.30. The zero-order chi connectivity index (χ0) is 13.0. The monoisotopic (exact) mass is 256 g/mol. The van der Waals surface area contributed by atoms with Crippen molar-refractivity contribution >= 4 is 0 Å². The first-order chi connectivity index (χ1) is 8.70. The predicted octanol–water partition coefficient (Wildman–Crippen LogP) is 0.942. The van der Waals surface area contributed by atoms with Gasteiger partial charge in [0.1, 0.15) is 0 Å². The molecule has 2 aliphatic rings. The van der Waals surface area contributed by atoms with Gasteiger partial charge in [0, 0.05) is 38.3 Å². The van der Waals surface area contributed by atoms with E-state index >= 15 is 0 Å². The van der Waals surface area contributed by atoms with E-state index < -0.39 is 0 Å². The van der Waals surface area contributed by atoms with Crippen molar-refractivity contribution in [1.82, 2.24) is 9.80 Å². The van der Waals surface area contributed by atoms with Gasteiger partial charge in [0.2, 0.25) is 0 Å². The molecule has 0 spiro atoms. The maximum Gasteiger partial charge on any atom is 0.0829 e. The highest BCUT2D eigenvalue weighted by atomic mass is 16.5. The molecule has 2 unspecified atom stereocenters. The zero-order valence-electron chi connectivity index (χ0n) is 11.8. The van der Waals surface area contributed by atoms with E-state index in [0.717, 1.165) is 32.7 Å². The van der Waals surface area contributed by atoms with Gasteiger partial charge in [-0.3, -0.25) is 9.80 Å². The van der Waals surface area contributed by atoms with Crippen molar-refractivity contribution in [2.75, 3.05) is 39.4 Å². The molecule has 2 aliphatic heterocycles. The molecule has 2 saturated heterocycles. The van der Waals surface area contributed by atoms with Crippen LogP contribution in [0.3, 0.4) is 0 Å². The van der Waals surface area contributed by atoms with Gasteiger partial charge in [0.05, 0.1) is 12.7 Å². The molecule has 2 heterocycles. The lowest BCUT2D eigenvalue weighted by Crippen LogP contribution is -2.50. The first-order valence-electron chi connectivity index (χ1n) is 7.41. The average Bonchev–Trinajstić information content (AvgIpc) is 2.77. The van der Waals surface area contributed by atoms with Crippen molar-refractivity contribution in [2.45, 2.75) is 51.3 Å². The number of aliphatic hydroxyl groups is 1. The molecule has 0 aliphatic carbocycles. The molecule has 0 amide bonds. The number of ether oxygens (including phenoxy) is 1. The summed E-state index contributed by atoms with van der Waals surface area (Å²) in [4.78, 5) is 5.02. The van der Waals surface area contributed by atoms with Gasteiger partial charge in [0.15, 0.2) is 0 Å². The SMILES string of the molecule is CC(C)N1CCOC(CN2CCCC2CCO)C1. The number of morpholine rings is 1. The molecule has 0 aromatic carbocycles. The summed E-state index contributed by atoms with van der Waals surface area (Å²) < 4.78 is 5.90. The second-order valence-corrected chi connectivity index (χ2v) is 5.88. The van der Waals surface area contributed by atoms with E-state index in [1.54, 1.807) is 0 Å². The van der Waals surface area contributed by atoms with Gasteiger partial charge < -0.3 is 9.84 Å². The van der Waals surface area contributed by atoms with E-state index in [2.05, 4.69) is 23.6 Å². The van der Waals surface area contributed by atoms with Crippen molar-refractivity contribution in [3.8, 4) is 0 Å². The van der Waals surface area contributed by atoms with E-state index in [9.17, 15) is 0 Å². The fourth-order valence-electron chi connectivity index (χ4n) is 3.19. The van der Waals surface area contributed by atoms with Crippen LogP contribution in [0.25, 0.3) is 0 Å². The van der Waals surface area contributed by atoms with E-state index in [4.69, 9.17) is 9.84 Å². The molecule has 1 N–H and O–H groups in total. The topological polar surface area (TPSA) is 35.9 Å². The molecule has 4 nitrogen and oxygen atoms in total. The minimum Gasteiger partial charge on any atom is -0.396 e. The molecular weight excluding hydrogens is 228 g/mol. The Labute approximate surface area is 111 Å². The number of hydrogen-bond acceptors (Lipinski definition) is 4. The van der Waals surface area contributed by atoms with Gasteiger partial charge in [-0.05, 0) is 39.7 Å². The number of likely N-dealkylation sites (tertiary alicyclic amines) is 1. The quantitative estimate of drug-likeness (QED) is 0.794. The van der Waals surface area contributed by atoms with Crippen LogP contribution in [0.2, 0.25) is 0 Å². The van der Waals surface area contributed by atoms with Crippen molar-refractivity contribution in [1.29, 1.82) is 0 Å². The largest absolute Gasteiger partial charge is 0.396 e. The third kappa shape index (κ3) is 3.67. The molecule has 2 fully saturated rings. The van der Waals surface area contributed by atoms with Gasteiger partial charge in [-0.1, -0.05) is 0 Å². The van der Waals surface area contributed by atoms with Crippen LogP contribution >= 0.6 is 0 Å². The number of rotatable bonds is 5. The highest BCUT2D eigenvalue weighted by Crippen LogP contribution is 2.21. The molecule has 0 aromatic rings. The van der Waals surface area contributed by atoms with Gasteiger partial charge in [-0.25, -0.2) is 0 Å². The first-order valence-corrected chi connectivity index (χ1v) is 7.41. The summed E-state index contributed by atoms with van der Waals surface area (Å²) in [5.74, 6) is 0. The van der Waals surface area contributed by atoms with Gasteiger partial charge in [-0.15, -0.1) is 0 Å². The molecule has 0 radical (unpaired) electrons. The highest BCUT2D eigenvalue weighted by Gasteiger charge is 2.29. The van der Waals surface area contributed by atoms with Crippen molar-refractivity contribution in [2.24, 2.45) is 0 Å². The second-order valence-electron chi connectivity index (χ2n) is 5.88. The molecular formula is C14H28N2O2. The maximum atomic E-state index is 9.10. The lowest BCUT2D eigenvalue weighted by Gasteiger charge is -2.38. The van der Waals surface area contributed by atoms with Crippen molar-refractivity contribution < 1.29 is 9.84 Å². The minimum absolute atomic E-state index is 0.310. The average molecular weight is 256 g/mol. The van der Waals surface area contributed by atoms with Crippen LogP contribution in [-0.4, -0.2) is 72.5 Å². The van der Waals surface area contributed by atoms with Crippen LogP contribution in [0.1, 0.15) is 33.1 Å². The first kappa shape index (κ1) is 14.3. The van der Waals surface area contributed by atoms with E-state index in [-0.39, 0.29) is 0 Å². The van der Waals surface area contributed by atoms with E-state index in [0.29, 0.717) is 24.8 Å². The Morgan fingerprint density at radius 2 is 2.17 bits per heavy atom. The van der Waals surface area contributed by atoms with Gasteiger partial charge >= 0.3 is 0 Å². The second kappa shape index (κ2) is 6.85. The highest BCUT2D eigenvalue weighted by molar-refractivity contribution is 4.83. The van der Waals surface area contributed by atoms with E-state index in [1.807, 2.05) is 0 Å². The summed E-state index contributed by atoms with van der Waals surface area (Å²) >= 11 is 0. The summed E-state index contributed by atoms with van der Waals surface area (Å²) in [5.41, 5.74) is 0. The van der Waals surface area contributed by atoms with Gasteiger partial charge in [-0.2, -0.15) is 0 Å². The Hall–Kier alpha value is -0.160. The molecule has 18 heavy (non-hydrogen) atoms. The molecule has 0 bridgehead atoms. The van der Waals surface area contributed by atoms with Crippen LogP contribution in [0.5, 0.6) is 0 Å². The van der Waals surface area contributed by atoms with E-state index in [1.165, 1.54) is 19.4 Å². The normalized spacial score (nSPS) is 31.3. The molecule has 2 rings (SSSR count). The van der Waals surface area contributed by atoms with Crippen molar-refractivity contribution in [3.63, 3.8) is 0 Å². The molecule has 0 saturated carbocycles. The number of hydrogen-bond donors (Lipinski definition) is 1. The molecule has 2 atom stereocenters. The molecule has 4 heteroatoms. The van der Waals surface area contributed by atoms with Crippen LogP contribution in [0.4, 0.5) is 0 Å². The van der Waals surface area contributed by atoms with Crippen LogP contribution < -0.4 is 0 Å². The van der Waals surface area contributed by atoms with Crippen molar-refractivity contribution in [3.05, 3.63) is 0 Å². The Kier molecular flexibility index (Phi) is 5.42. The standard InChI is InChI=1S/C14H28N2O2/c1-12(2)15-7-9-18-14(10-15)11-16-6-3-4-13(16)5-8-17/h12-14,17H,3-11H2,1-2H3. The summed E-state index contributed by atoms with van der Waals surface area (Å²) in [5, 5.41) is 9.10. The summed E-state index contributed by atoms with van der Waals surface area (Å²) in [6.45, 7) is 10.0. The maximum absolute atomic E-state index is 9.10. The Morgan fingerprint density at radius 3 is 2.89 bits per heavy atom.